The van der Waals surface area contributed by atoms with Crippen molar-refractivity contribution in [2.75, 3.05) is 18.5 Å². The van der Waals surface area contributed by atoms with Gasteiger partial charge in [0.05, 0.1) is 21.1 Å². The molecule has 0 saturated carbocycles. The van der Waals surface area contributed by atoms with Crippen LogP contribution < -0.4 is 10.9 Å². The van der Waals surface area contributed by atoms with Gasteiger partial charge in [0.2, 0.25) is 0 Å². The van der Waals surface area contributed by atoms with Gasteiger partial charge in [0, 0.05) is 29.7 Å². The number of nitrogens with zero attached hydrogens (tertiary/aromatic N) is 3. The first kappa shape index (κ1) is 30.4. The Morgan fingerprint density at radius 3 is 2.34 bits per heavy atom. The fourth-order valence-corrected chi connectivity index (χ4v) is 5.12. The van der Waals surface area contributed by atoms with Crippen molar-refractivity contribution in [3.63, 3.8) is 0 Å². The highest BCUT2D eigenvalue weighted by molar-refractivity contribution is 9.10. The maximum atomic E-state index is 14.1. The molecule has 0 saturated heterocycles. The number of aromatic nitrogens is 3. The lowest BCUT2D eigenvalue weighted by atomic mass is 10.0. The van der Waals surface area contributed by atoms with Crippen molar-refractivity contribution in [3.8, 4) is 11.3 Å². The average Bonchev–Trinajstić information content (AvgIpc) is 3.64. The Morgan fingerprint density at radius 1 is 1.02 bits per heavy atom. The number of oxazole rings is 2. The third-order valence-corrected chi connectivity index (χ3v) is 8.30. The smallest absolute Gasteiger partial charge is 0.360 e. The molecule has 41 heavy (non-hydrogen) atoms. The quantitative estimate of drug-likeness (QED) is 0.182. The largest absolute Gasteiger partial charge is 0.461 e. The lowest BCUT2D eigenvalue weighted by molar-refractivity contribution is 0.0520. The predicted octanol–water partition coefficient (Wildman–Crippen LogP) is 7.53. The molecule has 0 aliphatic carbocycles. The zero-order chi connectivity index (χ0) is 30.0. The number of halogens is 4. The summed E-state index contributed by atoms with van der Waals surface area (Å²) in [5.41, 5.74) is 3.51. The van der Waals surface area contributed by atoms with E-state index in [-0.39, 0.29) is 35.0 Å². The van der Waals surface area contributed by atoms with Gasteiger partial charge in [-0.05, 0) is 89.7 Å². The number of carbonyl (C=O) groups excluding carboxylic acids is 1. The number of hydrogen-bond acceptors (Lipinski definition) is 8. The second kappa shape index (κ2) is 12.5. The van der Waals surface area contributed by atoms with E-state index >= 15 is 0 Å². The van der Waals surface area contributed by atoms with Gasteiger partial charge in [-0.25, -0.2) is 23.5 Å². The van der Waals surface area contributed by atoms with E-state index in [1.165, 1.54) is 18.5 Å². The molecule has 1 N–H and O–H groups in total. The van der Waals surface area contributed by atoms with Gasteiger partial charge in [0.15, 0.2) is 35.3 Å². The van der Waals surface area contributed by atoms with Gasteiger partial charge in [-0.2, -0.15) is 0 Å². The topological polar surface area (TPSA) is 112 Å². The second-order valence-electron chi connectivity index (χ2n) is 8.77. The fraction of sp³-hybridized carbons (Fsp3) is 0.286. The van der Waals surface area contributed by atoms with Gasteiger partial charge in [0.25, 0.3) is 5.56 Å². The second-order valence-corrected chi connectivity index (χ2v) is 10.4. The minimum absolute atomic E-state index is 0.0297. The molecule has 2 aromatic carbocycles. The summed E-state index contributed by atoms with van der Waals surface area (Å²) in [6.45, 7) is 10.4. The normalized spacial score (nSPS) is 11.0. The van der Waals surface area contributed by atoms with E-state index in [0.29, 0.717) is 60.9 Å². The number of hydrogen-bond donors (Lipinski definition) is 1. The highest BCUT2D eigenvalue weighted by Crippen LogP contribution is 2.38. The van der Waals surface area contributed by atoms with Crippen molar-refractivity contribution in [1.29, 1.82) is 0 Å². The number of ether oxygens (including phenoxy) is 1. The van der Waals surface area contributed by atoms with Crippen molar-refractivity contribution >= 4 is 65.5 Å². The van der Waals surface area contributed by atoms with Gasteiger partial charge in [-0.15, -0.1) is 0 Å². The zero-order valence-electron chi connectivity index (χ0n) is 22.8. The van der Waals surface area contributed by atoms with E-state index in [2.05, 4.69) is 47.1 Å². The molecule has 9 nitrogen and oxygen atoms in total. The molecule has 5 rings (SSSR count). The van der Waals surface area contributed by atoms with Crippen molar-refractivity contribution in [3.05, 3.63) is 72.7 Å². The van der Waals surface area contributed by atoms with Crippen molar-refractivity contribution in [2.45, 2.75) is 41.2 Å². The number of fused-ring (bicyclic) bond motifs is 3. The molecule has 0 radical (unpaired) electrons. The number of benzene rings is 2. The maximum Gasteiger partial charge on any atom is 0.360 e. The summed E-state index contributed by atoms with van der Waals surface area (Å²) in [6, 6.07) is 2.67. The molecule has 0 aliphatic rings. The lowest BCUT2D eigenvalue weighted by Crippen LogP contribution is -2.20. The summed E-state index contributed by atoms with van der Waals surface area (Å²) in [5, 5.41) is 3.72. The summed E-state index contributed by atoms with van der Waals surface area (Å²) in [5.74, 6) is -1.25. The number of esters is 1. The van der Waals surface area contributed by atoms with E-state index < -0.39 is 11.8 Å². The van der Waals surface area contributed by atoms with Crippen molar-refractivity contribution < 1.29 is 27.1 Å². The SMILES string of the molecule is CCNc1c(-c2ocnc2C(=O)OCC)cc(F)c(Br)c1C.CCn1c(=O)c2ncoc2c2cc(F)c(Br)c(C)c21. The van der Waals surface area contributed by atoms with Gasteiger partial charge < -0.3 is 23.5 Å². The zero-order valence-corrected chi connectivity index (χ0v) is 26.0. The van der Waals surface area contributed by atoms with Crippen LogP contribution in [0.3, 0.4) is 0 Å². The van der Waals surface area contributed by atoms with Crippen LogP contribution >= 0.6 is 31.9 Å². The minimum Gasteiger partial charge on any atom is -0.461 e. The minimum atomic E-state index is -0.602. The van der Waals surface area contributed by atoms with Crippen LogP contribution in [0.1, 0.15) is 42.4 Å². The number of carbonyl (C=O) groups is 1. The van der Waals surface area contributed by atoms with E-state index in [4.69, 9.17) is 13.6 Å². The summed E-state index contributed by atoms with van der Waals surface area (Å²) < 4.78 is 45.8. The number of rotatable bonds is 6. The Balaban J connectivity index is 0.000000191. The monoisotopic (exact) mass is 694 g/mol. The highest BCUT2D eigenvalue weighted by atomic mass is 79.9. The molecule has 0 spiro atoms. The van der Waals surface area contributed by atoms with Crippen molar-refractivity contribution in [2.24, 2.45) is 0 Å². The van der Waals surface area contributed by atoms with Gasteiger partial charge in [-0.3, -0.25) is 4.79 Å². The molecule has 3 heterocycles. The summed E-state index contributed by atoms with van der Waals surface area (Å²) in [6.07, 6.45) is 2.35. The highest BCUT2D eigenvalue weighted by Gasteiger charge is 2.24. The molecule has 3 aromatic heterocycles. The van der Waals surface area contributed by atoms with E-state index in [0.717, 1.165) is 6.39 Å². The van der Waals surface area contributed by atoms with Gasteiger partial charge in [0.1, 0.15) is 11.6 Å². The molecule has 0 atom stereocenters. The number of anilines is 1. The van der Waals surface area contributed by atoms with Crippen LogP contribution in [0.5, 0.6) is 0 Å². The standard InChI is InChI=1S/C15H16BrFN2O3.C13H10BrFN2O2/c1-4-18-12-8(3)11(16)10(17)6-9(12)14-13(19-7-22-14)15(20)21-5-2;1-3-17-11-6(2)9(14)8(15)4-7(11)12-10(13(17)18)16-5-19-12/h6-7,18H,4-5H2,1-3H3;4-5H,3H2,1-2H3. The van der Waals surface area contributed by atoms with E-state index in [9.17, 15) is 18.4 Å². The Kier molecular flexibility index (Phi) is 9.27. The van der Waals surface area contributed by atoms with Crippen LogP contribution in [-0.2, 0) is 11.3 Å². The number of aryl methyl sites for hydroxylation is 2. The molecule has 0 unspecified atom stereocenters. The molecular weight excluding hydrogens is 670 g/mol. The predicted molar refractivity (Wildman–Crippen MR) is 158 cm³/mol. The van der Waals surface area contributed by atoms with Crippen molar-refractivity contribution in [1.82, 2.24) is 14.5 Å². The van der Waals surface area contributed by atoms with Crippen LogP contribution in [0.25, 0.3) is 33.3 Å². The van der Waals surface area contributed by atoms with Crippen LogP contribution in [0, 0.1) is 25.5 Å². The fourth-order valence-electron chi connectivity index (χ4n) is 4.50. The first-order valence-corrected chi connectivity index (χ1v) is 14.2. The Labute approximate surface area is 250 Å². The number of pyridine rings is 1. The summed E-state index contributed by atoms with van der Waals surface area (Å²) >= 11 is 6.42. The summed E-state index contributed by atoms with van der Waals surface area (Å²) in [4.78, 5) is 32.1. The maximum absolute atomic E-state index is 14.1. The molecular formula is C28H26Br2F2N4O5. The Hall–Kier alpha value is -3.58. The molecule has 5 aromatic rings. The molecule has 216 valence electrons. The lowest BCUT2D eigenvalue weighted by Gasteiger charge is -2.15. The first-order chi connectivity index (χ1) is 19.6. The molecule has 13 heteroatoms. The number of nitrogens with one attached hydrogen (secondary N) is 1. The van der Waals surface area contributed by atoms with Crippen LogP contribution in [0.15, 0.2) is 47.5 Å². The third-order valence-electron chi connectivity index (χ3n) is 6.35. The van der Waals surface area contributed by atoms with Crippen LogP contribution in [0.2, 0.25) is 0 Å². The van der Waals surface area contributed by atoms with Gasteiger partial charge >= 0.3 is 5.97 Å². The van der Waals surface area contributed by atoms with E-state index in [1.807, 2.05) is 13.8 Å². The third kappa shape index (κ3) is 5.52. The Morgan fingerprint density at radius 2 is 1.68 bits per heavy atom. The van der Waals surface area contributed by atoms with Gasteiger partial charge in [-0.1, -0.05) is 0 Å². The molecule has 0 amide bonds. The van der Waals surface area contributed by atoms with Crippen LogP contribution in [-0.4, -0.2) is 33.7 Å². The van der Waals surface area contributed by atoms with E-state index in [1.54, 1.807) is 25.3 Å². The average molecular weight is 696 g/mol. The Bertz CT molecular complexity index is 1830. The molecule has 0 aliphatic heterocycles. The first-order valence-electron chi connectivity index (χ1n) is 12.6. The molecule has 0 bridgehead atoms. The molecule has 0 fully saturated rings. The van der Waals surface area contributed by atoms with Crippen LogP contribution in [0.4, 0.5) is 14.5 Å². The summed E-state index contributed by atoms with van der Waals surface area (Å²) in [7, 11) is 0.